The number of nitrogens with zero attached hydrogens (tertiary/aromatic N) is 1. The lowest BCUT2D eigenvalue weighted by molar-refractivity contribution is 1.31. The zero-order valence-electron chi connectivity index (χ0n) is 8.57. The molecule has 0 unspecified atom stereocenters. The third-order valence-electron chi connectivity index (χ3n) is 1.57. The molecule has 0 spiro atoms. The van der Waals surface area contributed by atoms with Gasteiger partial charge in [-0.2, -0.15) is 0 Å². The molecule has 0 saturated carbocycles. The highest BCUT2D eigenvalue weighted by atomic mass is 32.2. The van der Waals surface area contributed by atoms with Gasteiger partial charge >= 0.3 is 0 Å². The second-order valence-electron chi connectivity index (χ2n) is 2.41. The number of nitrogens with two attached hydrogens (primary N) is 1. The first-order valence-corrected chi connectivity index (χ1v) is 6.54. The summed E-state index contributed by atoms with van der Waals surface area (Å²) < 4.78 is 2.26. The first-order chi connectivity index (χ1) is 6.79. The summed E-state index contributed by atoms with van der Waals surface area (Å²) in [5.74, 6) is 0. The molecule has 2 N–H and O–H groups in total. The van der Waals surface area contributed by atoms with Crippen LogP contribution in [0.4, 0.5) is 5.69 Å². The van der Waals surface area contributed by atoms with Gasteiger partial charge < -0.3 is 5.73 Å². The smallest absolute Gasteiger partial charge is 0.150 e. The molecule has 1 heterocycles. The van der Waals surface area contributed by atoms with Crippen LogP contribution in [0.25, 0.3) is 10.2 Å². The zero-order valence-corrected chi connectivity index (χ0v) is 10.2. The van der Waals surface area contributed by atoms with E-state index in [2.05, 4.69) is 4.98 Å². The monoisotopic (exact) mass is 226 g/mol. The molecule has 0 radical (unpaired) electrons. The van der Waals surface area contributed by atoms with Crippen LogP contribution in [-0.4, -0.2) is 11.2 Å². The van der Waals surface area contributed by atoms with E-state index in [9.17, 15) is 0 Å². The summed E-state index contributed by atoms with van der Waals surface area (Å²) >= 11 is 3.35. The highest BCUT2D eigenvalue weighted by molar-refractivity contribution is 8.00. The summed E-state index contributed by atoms with van der Waals surface area (Å²) in [6.07, 6.45) is 2.03. The highest BCUT2D eigenvalue weighted by Gasteiger charge is 2.01. The molecule has 0 fully saturated rings. The number of hydrogen-bond donors (Lipinski definition) is 1. The summed E-state index contributed by atoms with van der Waals surface area (Å²) in [5.41, 5.74) is 7.49. The Labute approximate surface area is 92.5 Å². The van der Waals surface area contributed by atoms with Gasteiger partial charge in [-0.05, 0) is 24.5 Å². The molecule has 0 aliphatic heterocycles. The van der Waals surface area contributed by atoms with Crippen LogP contribution in [-0.2, 0) is 0 Å². The molecule has 2 nitrogen and oxygen atoms in total. The minimum atomic E-state index is 0.804. The molecule has 4 heteroatoms. The fourth-order valence-electron chi connectivity index (χ4n) is 1.01. The fraction of sp³-hybridized carbons (Fsp3) is 0.300. The second-order valence-corrected chi connectivity index (χ2v) is 4.50. The number of aromatic nitrogens is 1. The number of benzene rings is 1. The van der Waals surface area contributed by atoms with Gasteiger partial charge in [0.25, 0.3) is 0 Å². The fourth-order valence-corrected chi connectivity index (χ4v) is 2.55. The standard InChI is InChI=1S/C8H8N2S2.C2H6/c1-11-8-10-6-3-2-5(9)4-7(6)12-8;1-2/h2-4H,9H2,1H3;1-2H3. The van der Waals surface area contributed by atoms with E-state index in [1.165, 1.54) is 4.70 Å². The molecule has 0 aliphatic rings. The molecule has 1 aromatic carbocycles. The molecule has 0 amide bonds. The molecule has 1 aromatic heterocycles. The van der Waals surface area contributed by atoms with Crippen LogP contribution >= 0.6 is 23.1 Å². The first-order valence-electron chi connectivity index (χ1n) is 4.49. The van der Waals surface area contributed by atoms with Crippen molar-refractivity contribution < 1.29 is 0 Å². The maximum atomic E-state index is 5.65. The number of anilines is 1. The van der Waals surface area contributed by atoms with Crippen molar-refractivity contribution in [2.24, 2.45) is 0 Å². The predicted octanol–water partition coefficient (Wildman–Crippen LogP) is 3.63. The Morgan fingerprint density at radius 2 is 2.07 bits per heavy atom. The van der Waals surface area contributed by atoms with E-state index < -0.39 is 0 Å². The van der Waals surface area contributed by atoms with Crippen molar-refractivity contribution in [1.82, 2.24) is 4.98 Å². The van der Waals surface area contributed by atoms with Gasteiger partial charge in [-0.15, -0.1) is 11.3 Å². The van der Waals surface area contributed by atoms with E-state index in [4.69, 9.17) is 5.73 Å². The van der Waals surface area contributed by atoms with Gasteiger partial charge in [-0.1, -0.05) is 25.6 Å². The number of thiazole rings is 1. The lowest BCUT2D eigenvalue weighted by Crippen LogP contribution is -1.81. The van der Waals surface area contributed by atoms with Crippen LogP contribution in [0.1, 0.15) is 13.8 Å². The third-order valence-corrected chi connectivity index (χ3v) is 3.57. The summed E-state index contributed by atoms with van der Waals surface area (Å²) in [6.45, 7) is 4.00. The zero-order chi connectivity index (χ0) is 10.6. The quantitative estimate of drug-likeness (QED) is 0.596. The number of fused-ring (bicyclic) bond motifs is 1. The van der Waals surface area contributed by atoms with Crippen molar-refractivity contribution in [2.75, 3.05) is 12.0 Å². The van der Waals surface area contributed by atoms with Crippen molar-refractivity contribution in [3.63, 3.8) is 0 Å². The van der Waals surface area contributed by atoms with Crippen molar-refractivity contribution >= 4 is 39.0 Å². The minimum Gasteiger partial charge on any atom is -0.399 e. The number of rotatable bonds is 1. The summed E-state index contributed by atoms with van der Waals surface area (Å²) in [7, 11) is 0. The van der Waals surface area contributed by atoms with Crippen molar-refractivity contribution in [3.8, 4) is 0 Å². The Hall–Kier alpha value is -0.740. The molecule has 76 valence electrons. The lowest BCUT2D eigenvalue weighted by Gasteiger charge is -1.88. The SMILES string of the molecule is CC.CSc1nc2ccc(N)cc2s1. The van der Waals surface area contributed by atoms with Gasteiger partial charge in [0, 0.05) is 5.69 Å². The van der Waals surface area contributed by atoms with Crippen LogP contribution in [0.15, 0.2) is 22.5 Å². The van der Waals surface area contributed by atoms with E-state index in [0.717, 1.165) is 15.5 Å². The summed E-state index contributed by atoms with van der Waals surface area (Å²) in [5, 5.41) is 0. The highest BCUT2D eigenvalue weighted by Crippen LogP contribution is 2.28. The Kier molecular flexibility index (Phi) is 4.22. The van der Waals surface area contributed by atoms with E-state index in [-0.39, 0.29) is 0 Å². The second kappa shape index (κ2) is 5.22. The molecular weight excluding hydrogens is 212 g/mol. The number of hydrogen-bond acceptors (Lipinski definition) is 4. The normalized spacial score (nSPS) is 9.64. The third kappa shape index (κ3) is 2.39. The van der Waals surface area contributed by atoms with Gasteiger partial charge in [-0.3, -0.25) is 0 Å². The summed E-state index contributed by atoms with van der Waals surface area (Å²) in [6, 6.07) is 5.81. The minimum absolute atomic E-state index is 0.804. The average Bonchev–Trinajstić information content (AvgIpc) is 2.62. The number of thioether (sulfide) groups is 1. The average molecular weight is 226 g/mol. The topological polar surface area (TPSA) is 38.9 Å². The van der Waals surface area contributed by atoms with Gasteiger partial charge in [0.15, 0.2) is 4.34 Å². The van der Waals surface area contributed by atoms with E-state index in [1.54, 1.807) is 23.1 Å². The molecule has 0 saturated heterocycles. The van der Waals surface area contributed by atoms with E-state index in [1.807, 2.05) is 38.3 Å². The Morgan fingerprint density at radius 3 is 2.71 bits per heavy atom. The van der Waals surface area contributed by atoms with Crippen molar-refractivity contribution in [2.45, 2.75) is 18.2 Å². The molecule has 0 aliphatic carbocycles. The predicted molar refractivity (Wildman–Crippen MR) is 67.2 cm³/mol. The Bertz CT molecular complexity index is 409. The van der Waals surface area contributed by atoms with Crippen molar-refractivity contribution in [1.29, 1.82) is 0 Å². The first kappa shape index (κ1) is 11.3. The molecule has 0 bridgehead atoms. The van der Waals surface area contributed by atoms with E-state index in [0.29, 0.717) is 0 Å². The molecule has 14 heavy (non-hydrogen) atoms. The van der Waals surface area contributed by atoms with E-state index >= 15 is 0 Å². The van der Waals surface area contributed by atoms with Gasteiger partial charge in [0.2, 0.25) is 0 Å². The maximum absolute atomic E-state index is 5.65. The van der Waals surface area contributed by atoms with Crippen LogP contribution < -0.4 is 5.73 Å². The van der Waals surface area contributed by atoms with Gasteiger partial charge in [0.05, 0.1) is 10.2 Å². The van der Waals surface area contributed by atoms with Crippen LogP contribution in [0.5, 0.6) is 0 Å². The number of nitrogen functional groups attached to an aromatic ring is 1. The van der Waals surface area contributed by atoms with Gasteiger partial charge in [-0.25, -0.2) is 4.98 Å². The largest absolute Gasteiger partial charge is 0.399 e. The molecular formula is C10H14N2S2. The van der Waals surface area contributed by atoms with Gasteiger partial charge in [0.1, 0.15) is 0 Å². The maximum Gasteiger partial charge on any atom is 0.150 e. The lowest BCUT2D eigenvalue weighted by atomic mass is 10.3. The molecule has 2 aromatic rings. The van der Waals surface area contributed by atoms with Crippen molar-refractivity contribution in [3.05, 3.63) is 18.2 Å². The Morgan fingerprint density at radius 1 is 1.36 bits per heavy atom. The van der Waals surface area contributed by atoms with Crippen LogP contribution in [0.2, 0.25) is 0 Å². The molecule has 2 rings (SSSR count). The van der Waals surface area contributed by atoms with Crippen LogP contribution in [0.3, 0.4) is 0 Å². The summed E-state index contributed by atoms with van der Waals surface area (Å²) in [4.78, 5) is 4.40. The molecule has 0 atom stereocenters. The Balaban J connectivity index is 0.000000461. The van der Waals surface area contributed by atoms with Crippen LogP contribution in [0, 0.1) is 0 Å².